The molecule has 1 aliphatic carbocycles. The first-order valence-electron chi connectivity index (χ1n) is 6.60. The van der Waals surface area contributed by atoms with E-state index >= 15 is 0 Å². The number of nitrogens with one attached hydrogen (secondary N) is 1. The van der Waals surface area contributed by atoms with Crippen LogP contribution in [-0.4, -0.2) is 28.2 Å². The minimum atomic E-state index is 0.289. The Hall–Kier alpha value is -0.870. The molecule has 1 heterocycles. The third-order valence-corrected chi connectivity index (χ3v) is 4.15. The summed E-state index contributed by atoms with van der Waals surface area (Å²) in [6, 6.07) is 0. The molecule has 100 valence electrons. The molecule has 0 saturated heterocycles. The summed E-state index contributed by atoms with van der Waals surface area (Å²) in [5.41, 5.74) is 0.970. The van der Waals surface area contributed by atoms with Gasteiger partial charge in [0.15, 0.2) is 0 Å². The molecule has 2 unspecified atom stereocenters. The summed E-state index contributed by atoms with van der Waals surface area (Å²) in [5.74, 6) is 1.80. The predicted molar refractivity (Wildman–Crippen MR) is 72.8 cm³/mol. The molecule has 1 aromatic rings. The van der Waals surface area contributed by atoms with Gasteiger partial charge in [-0.15, -0.1) is 0 Å². The van der Waals surface area contributed by atoms with Crippen LogP contribution in [-0.2, 0) is 6.42 Å². The largest absolute Gasteiger partial charge is 0.396 e. The van der Waals surface area contributed by atoms with Crippen LogP contribution in [0.3, 0.4) is 0 Å². The number of hydrogen-bond acceptors (Lipinski definition) is 4. The zero-order valence-corrected chi connectivity index (χ0v) is 11.5. The molecule has 0 bridgehead atoms. The van der Waals surface area contributed by atoms with E-state index in [0.717, 1.165) is 30.8 Å². The highest BCUT2D eigenvalue weighted by Crippen LogP contribution is 2.31. The monoisotopic (exact) mass is 269 g/mol. The van der Waals surface area contributed by atoms with E-state index in [1.54, 1.807) is 0 Å². The lowest BCUT2D eigenvalue weighted by molar-refractivity contribution is 0.199. The van der Waals surface area contributed by atoms with E-state index in [1.807, 2.05) is 6.92 Å². The van der Waals surface area contributed by atoms with E-state index in [9.17, 15) is 5.11 Å². The minimum Gasteiger partial charge on any atom is -0.396 e. The molecule has 0 spiro atoms. The van der Waals surface area contributed by atoms with Crippen molar-refractivity contribution in [1.29, 1.82) is 0 Å². The smallest absolute Gasteiger partial charge is 0.137 e. The summed E-state index contributed by atoms with van der Waals surface area (Å²) >= 11 is 6.05. The van der Waals surface area contributed by atoms with E-state index in [0.29, 0.717) is 17.0 Å². The average Bonchev–Trinajstić information content (AvgIpc) is 2.83. The van der Waals surface area contributed by atoms with Gasteiger partial charge in [-0.3, -0.25) is 0 Å². The summed E-state index contributed by atoms with van der Waals surface area (Å²) < 4.78 is 0. The topological polar surface area (TPSA) is 58.0 Å². The minimum absolute atomic E-state index is 0.289. The van der Waals surface area contributed by atoms with E-state index in [-0.39, 0.29) is 6.61 Å². The van der Waals surface area contributed by atoms with Gasteiger partial charge in [-0.2, -0.15) is 0 Å². The van der Waals surface area contributed by atoms with Gasteiger partial charge in [0.1, 0.15) is 17.3 Å². The Morgan fingerprint density at radius 1 is 1.39 bits per heavy atom. The molecule has 0 aliphatic heterocycles. The Bertz CT molecular complexity index is 400. The standard InChI is InChI=1S/C13H20ClN3O/c1-2-11-12(14)16-8-17-13(11)15-6-9-4-3-5-10(9)7-18/h8-10,18H,2-7H2,1H3,(H,15,16,17). The normalized spacial score (nSPS) is 23.3. The van der Waals surface area contributed by atoms with Crippen LogP contribution in [0.2, 0.25) is 5.15 Å². The van der Waals surface area contributed by atoms with Gasteiger partial charge in [0.2, 0.25) is 0 Å². The molecule has 2 N–H and O–H groups in total. The fourth-order valence-electron chi connectivity index (χ4n) is 2.71. The maximum atomic E-state index is 9.30. The lowest BCUT2D eigenvalue weighted by Gasteiger charge is -2.19. The maximum Gasteiger partial charge on any atom is 0.137 e. The van der Waals surface area contributed by atoms with Crippen molar-refractivity contribution in [2.45, 2.75) is 32.6 Å². The molecule has 1 aliphatic rings. The molecular formula is C13H20ClN3O. The highest BCUT2D eigenvalue weighted by molar-refractivity contribution is 6.30. The van der Waals surface area contributed by atoms with Crippen molar-refractivity contribution in [3.05, 3.63) is 17.0 Å². The molecule has 0 radical (unpaired) electrons. The van der Waals surface area contributed by atoms with Crippen LogP contribution < -0.4 is 5.32 Å². The third kappa shape index (κ3) is 2.93. The van der Waals surface area contributed by atoms with Gasteiger partial charge in [-0.1, -0.05) is 24.9 Å². The second-order valence-electron chi connectivity index (χ2n) is 4.86. The molecule has 2 rings (SSSR count). The van der Waals surface area contributed by atoms with Crippen molar-refractivity contribution < 1.29 is 5.11 Å². The molecule has 1 fully saturated rings. The first-order chi connectivity index (χ1) is 8.76. The first kappa shape index (κ1) is 13.6. The van der Waals surface area contributed by atoms with E-state index in [4.69, 9.17) is 11.6 Å². The van der Waals surface area contributed by atoms with Crippen molar-refractivity contribution in [1.82, 2.24) is 9.97 Å². The summed E-state index contributed by atoms with van der Waals surface area (Å²) in [6.45, 7) is 3.19. The van der Waals surface area contributed by atoms with Gasteiger partial charge in [0.25, 0.3) is 0 Å². The van der Waals surface area contributed by atoms with Crippen LogP contribution in [0, 0.1) is 11.8 Å². The molecular weight excluding hydrogens is 250 g/mol. The number of aliphatic hydroxyl groups excluding tert-OH is 1. The maximum absolute atomic E-state index is 9.30. The van der Waals surface area contributed by atoms with Gasteiger partial charge < -0.3 is 10.4 Å². The van der Waals surface area contributed by atoms with Crippen LogP contribution in [0.25, 0.3) is 0 Å². The highest BCUT2D eigenvalue weighted by atomic mass is 35.5. The molecule has 0 amide bonds. The lowest BCUT2D eigenvalue weighted by atomic mass is 9.97. The molecule has 2 atom stereocenters. The third-order valence-electron chi connectivity index (χ3n) is 3.83. The Balaban J connectivity index is 2.00. The number of rotatable bonds is 5. The second kappa shape index (κ2) is 6.34. The van der Waals surface area contributed by atoms with Gasteiger partial charge >= 0.3 is 0 Å². The number of anilines is 1. The number of hydrogen-bond donors (Lipinski definition) is 2. The Kier molecular flexibility index (Phi) is 4.78. The molecule has 0 aromatic carbocycles. The van der Waals surface area contributed by atoms with Crippen molar-refractivity contribution in [2.24, 2.45) is 11.8 Å². The van der Waals surface area contributed by atoms with Crippen molar-refractivity contribution in [3.8, 4) is 0 Å². The Morgan fingerprint density at radius 3 is 2.89 bits per heavy atom. The average molecular weight is 270 g/mol. The van der Waals surface area contributed by atoms with Crippen LogP contribution in [0.4, 0.5) is 5.82 Å². The van der Waals surface area contributed by atoms with Gasteiger partial charge in [0, 0.05) is 18.7 Å². The molecule has 1 aromatic heterocycles. The number of nitrogens with zero attached hydrogens (tertiary/aromatic N) is 2. The van der Waals surface area contributed by atoms with Crippen molar-refractivity contribution >= 4 is 17.4 Å². The number of halogens is 1. The fourth-order valence-corrected chi connectivity index (χ4v) is 2.97. The van der Waals surface area contributed by atoms with Crippen LogP contribution >= 0.6 is 11.6 Å². The van der Waals surface area contributed by atoms with Crippen LogP contribution in [0.15, 0.2) is 6.33 Å². The van der Waals surface area contributed by atoms with Gasteiger partial charge in [-0.25, -0.2) is 9.97 Å². The predicted octanol–water partition coefficient (Wildman–Crippen LogP) is 2.51. The van der Waals surface area contributed by atoms with E-state index in [1.165, 1.54) is 19.2 Å². The quantitative estimate of drug-likeness (QED) is 0.807. The summed E-state index contributed by atoms with van der Waals surface area (Å²) in [6.07, 6.45) is 5.83. The zero-order valence-electron chi connectivity index (χ0n) is 10.7. The number of aromatic nitrogens is 2. The van der Waals surface area contributed by atoms with E-state index in [2.05, 4.69) is 15.3 Å². The molecule has 1 saturated carbocycles. The Morgan fingerprint density at radius 2 is 2.17 bits per heavy atom. The molecule has 4 nitrogen and oxygen atoms in total. The number of aliphatic hydroxyl groups is 1. The zero-order chi connectivity index (χ0) is 13.0. The fraction of sp³-hybridized carbons (Fsp3) is 0.692. The van der Waals surface area contributed by atoms with E-state index < -0.39 is 0 Å². The molecule has 18 heavy (non-hydrogen) atoms. The summed E-state index contributed by atoms with van der Waals surface area (Å²) in [5, 5.41) is 13.2. The van der Waals surface area contributed by atoms with Crippen molar-refractivity contribution in [3.63, 3.8) is 0 Å². The first-order valence-corrected chi connectivity index (χ1v) is 6.98. The van der Waals surface area contributed by atoms with Gasteiger partial charge in [0.05, 0.1) is 0 Å². The lowest BCUT2D eigenvalue weighted by Crippen LogP contribution is -2.21. The summed E-state index contributed by atoms with van der Waals surface area (Å²) in [7, 11) is 0. The van der Waals surface area contributed by atoms with Crippen molar-refractivity contribution in [2.75, 3.05) is 18.5 Å². The Labute approximate surface area is 113 Å². The molecule has 5 heteroatoms. The highest BCUT2D eigenvalue weighted by Gasteiger charge is 2.26. The summed E-state index contributed by atoms with van der Waals surface area (Å²) in [4.78, 5) is 8.25. The van der Waals surface area contributed by atoms with Crippen LogP contribution in [0.5, 0.6) is 0 Å². The van der Waals surface area contributed by atoms with Crippen LogP contribution in [0.1, 0.15) is 31.7 Å². The SMILES string of the molecule is CCc1c(Cl)ncnc1NCC1CCCC1CO. The van der Waals surface area contributed by atoms with Gasteiger partial charge in [-0.05, 0) is 31.1 Å². The second-order valence-corrected chi connectivity index (χ2v) is 5.22.